The second kappa shape index (κ2) is 6.68. The van der Waals surface area contributed by atoms with Gasteiger partial charge in [-0.05, 0) is 31.0 Å². The molecule has 2 rings (SSSR count). The van der Waals surface area contributed by atoms with Crippen molar-refractivity contribution in [1.82, 2.24) is 5.32 Å². The molecule has 1 aromatic carbocycles. The molecule has 0 bridgehead atoms. The van der Waals surface area contributed by atoms with Crippen LogP contribution in [0.1, 0.15) is 30.3 Å². The average Bonchev–Trinajstić information content (AvgIpc) is 2.89. The van der Waals surface area contributed by atoms with E-state index >= 15 is 0 Å². The smallest absolute Gasteiger partial charge is 0.127 e. The average molecular weight is 279 g/mol. The van der Waals surface area contributed by atoms with Crippen molar-refractivity contribution in [2.24, 2.45) is 0 Å². The molecule has 2 nitrogen and oxygen atoms in total. The molecule has 0 amide bonds. The van der Waals surface area contributed by atoms with Crippen LogP contribution in [0.2, 0.25) is 0 Å². The van der Waals surface area contributed by atoms with Gasteiger partial charge in [-0.1, -0.05) is 19.1 Å². The Morgan fingerprint density at radius 1 is 1.37 bits per heavy atom. The summed E-state index contributed by atoms with van der Waals surface area (Å²) in [6.07, 6.45) is 0. The van der Waals surface area contributed by atoms with Crippen molar-refractivity contribution in [2.75, 3.05) is 6.54 Å². The molecular weight excluding hydrogens is 261 g/mol. The normalized spacial score (nSPS) is 12.4. The first-order valence-corrected chi connectivity index (χ1v) is 7.26. The molecule has 0 aliphatic heterocycles. The van der Waals surface area contributed by atoms with Crippen LogP contribution in [0, 0.1) is 5.82 Å². The van der Waals surface area contributed by atoms with Crippen LogP contribution in [-0.4, -0.2) is 6.54 Å². The molecule has 1 unspecified atom stereocenters. The van der Waals surface area contributed by atoms with Crippen LogP contribution in [0.5, 0.6) is 5.75 Å². The van der Waals surface area contributed by atoms with E-state index in [1.54, 1.807) is 17.4 Å². The maximum Gasteiger partial charge on any atom is 0.127 e. The largest absolute Gasteiger partial charge is 0.488 e. The molecule has 102 valence electrons. The number of hydrogen-bond donors (Lipinski definition) is 1. The fourth-order valence-corrected chi connectivity index (χ4v) is 2.57. The van der Waals surface area contributed by atoms with Crippen LogP contribution in [0.25, 0.3) is 0 Å². The predicted octanol–water partition coefficient (Wildman–Crippen LogP) is 4.14. The Balaban J connectivity index is 2.14. The van der Waals surface area contributed by atoms with Gasteiger partial charge in [0.15, 0.2) is 0 Å². The van der Waals surface area contributed by atoms with Crippen molar-refractivity contribution >= 4 is 11.3 Å². The summed E-state index contributed by atoms with van der Waals surface area (Å²) in [4.78, 5) is 1.13. The molecule has 1 aromatic heterocycles. The first-order valence-electron chi connectivity index (χ1n) is 6.38. The van der Waals surface area contributed by atoms with Crippen LogP contribution in [0.4, 0.5) is 4.39 Å². The van der Waals surface area contributed by atoms with Gasteiger partial charge in [0, 0.05) is 22.5 Å². The van der Waals surface area contributed by atoms with Gasteiger partial charge in [-0.3, -0.25) is 0 Å². The Morgan fingerprint density at radius 3 is 2.89 bits per heavy atom. The molecule has 1 N–H and O–H groups in total. The second-order valence-corrected chi connectivity index (χ2v) is 5.36. The topological polar surface area (TPSA) is 21.3 Å². The van der Waals surface area contributed by atoms with E-state index in [4.69, 9.17) is 4.74 Å². The standard InChI is InChI=1S/C15H18FNOS/c1-3-17-11(2)14-7-6-12(16)9-15(14)18-10-13-5-4-8-19-13/h4-9,11,17H,3,10H2,1-2H3. The van der Waals surface area contributed by atoms with Gasteiger partial charge in [-0.2, -0.15) is 0 Å². The Hall–Kier alpha value is -1.39. The van der Waals surface area contributed by atoms with Crippen molar-refractivity contribution in [3.8, 4) is 5.75 Å². The summed E-state index contributed by atoms with van der Waals surface area (Å²) in [7, 11) is 0. The van der Waals surface area contributed by atoms with Gasteiger partial charge in [0.05, 0.1) is 0 Å². The number of thiophene rings is 1. The lowest BCUT2D eigenvalue weighted by atomic mass is 10.1. The molecule has 2 aromatic rings. The van der Waals surface area contributed by atoms with Gasteiger partial charge in [0.2, 0.25) is 0 Å². The number of hydrogen-bond acceptors (Lipinski definition) is 3. The molecule has 0 fully saturated rings. The molecule has 0 aliphatic carbocycles. The van der Waals surface area contributed by atoms with Crippen LogP contribution in [-0.2, 0) is 6.61 Å². The summed E-state index contributed by atoms with van der Waals surface area (Å²) in [6.45, 7) is 5.44. The van der Waals surface area contributed by atoms with E-state index in [1.807, 2.05) is 24.4 Å². The quantitative estimate of drug-likeness (QED) is 0.858. The van der Waals surface area contributed by atoms with E-state index in [1.165, 1.54) is 12.1 Å². The van der Waals surface area contributed by atoms with E-state index in [0.29, 0.717) is 12.4 Å². The van der Waals surface area contributed by atoms with E-state index in [0.717, 1.165) is 17.0 Å². The summed E-state index contributed by atoms with van der Waals surface area (Å²) < 4.78 is 19.1. The highest BCUT2D eigenvalue weighted by Gasteiger charge is 2.12. The van der Waals surface area contributed by atoms with E-state index in [9.17, 15) is 4.39 Å². The van der Waals surface area contributed by atoms with Gasteiger partial charge in [-0.25, -0.2) is 4.39 Å². The molecule has 0 spiro atoms. The van der Waals surface area contributed by atoms with E-state index < -0.39 is 0 Å². The molecule has 0 aliphatic rings. The second-order valence-electron chi connectivity index (χ2n) is 4.33. The lowest BCUT2D eigenvalue weighted by molar-refractivity contribution is 0.301. The zero-order valence-electron chi connectivity index (χ0n) is 11.2. The molecule has 1 atom stereocenters. The molecular formula is C15H18FNOS. The molecule has 0 radical (unpaired) electrons. The zero-order valence-corrected chi connectivity index (χ0v) is 12.0. The van der Waals surface area contributed by atoms with Gasteiger partial charge in [0.1, 0.15) is 18.2 Å². The number of benzene rings is 1. The zero-order chi connectivity index (χ0) is 13.7. The summed E-state index contributed by atoms with van der Waals surface area (Å²) in [6, 6.07) is 8.85. The third kappa shape index (κ3) is 3.78. The van der Waals surface area contributed by atoms with E-state index in [-0.39, 0.29) is 11.9 Å². The number of rotatable bonds is 6. The SMILES string of the molecule is CCNC(C)c1ccc(F)cc1OCc1cccs1. The molecule has 1 heterocycles. The minimum Gasteiger partial charge on any atom is -0.488 e. The third-order valence-corrected chi connectivity index (χ3v) is 3.75. The van der Waals surface area contributed by atoms with Crippen LogP contribution in [0.15, 0.2) is 35.7 Å². The predicted molar refractivity (Wildman–Crippen MR) is 77.1 cm³/mol. The minimum atomic E-state index is -0.270. The van der Waals surface area contributed by atoms with Crippen LogP contribution < -0.4 is 10.1 Å². The monoisotopic (exact) mass is 279 g/mol. The molecule has 19 heavy (non-hydrogen) atoms. The summed E-state index contributed by atoms with van der Waals surface area (Å²) >= 11 is 1.64. The Bertz CT molecular complexity index is 513. The fraction of sp³-hybridized carbons (Fsp3) is 0.333. The van der Waals surface area contributed by atoms with Gasteiger partial charge < -0.3 is 10.1 Å². The molecule has 4 heteroatoms. The third-order valence-electron chi connectivity index (χ3n) is 2.90. The maximum absolute atomic E-state index is 13.4. The lowest BCUT2D eigenvalue weighted by Crippen LogP contribution is -2.18. The van der Waals surface area contributed by atoms with Crippen LogP contribution in [0.3, 0.4) is 0 Å². The first kappa shape index (κ1) is 14.0. The molecule has 0 saturated heterocycles. The summed E-state index contributed by atoms with van der Waals surface area (Å²) in [5.74, 6) is 0.343. The van der Waals surface area contributed by atoms with Crippen molar-refractivity contribution in [3.05, 3.63) is 52.0 Å². The first-order chi connectivity index (χ1) is 9.20. The van der Waals surface area contributed by atoms with Crippen molar-refractivity contribution in [3.63, 3.8) is 0 Å². The molecule has 0 saturated carbocycles. The van der Waals surface area contributed by atoms with E-state index in [2.05, 4.69) is 12.2 Å². The maximum atomic E-state index is 13.4. The van der Waals surface area contributed by atoms with Crippen LogP contribution >= 0.6 is 11.3 Å². The highest BCUT2D eigenvalue weighted by atomic mass is 32.1. The Kier molecular flexibility index (Phi) is 4.93. The van der Waals surface area contributed by atoms with Gasteiger partial charge in [0.25, 0.3) is 0 Å². The van der Waals surface area contributed by atoms with Crippen molar-refractivity contribution in [2.45, 2.75) is 26.5 Å². The fourth-order valence-electron chi connectivity index (χ4n) is 1.95. The Labute approximate surface area is 117 Å². The lowest BCUT2D eigenvalue weighted by Gasteiger charge is -2.17. The summed E-state index contributed by atoms with van der Waals surface area (Å²) in [5, 5.41) is 5.32. The highest BCUT2D eigenvalue weighted by molar-refractivity contribution is 7.09. The number of ether oxygens (including phenoxy) is 1. The van der Waals surface area contributed by atoms with Crippen molar-refractivity contribution < 1.29 is 9.13 Å². The summed E-state index contributed by atoms with van der Waals surface area (Å²) in [5.41, 5.74) is 0.986. The van der Waals surface area contributed by atoms with Crippen molar-refractivity contribution in [1.29, 1.82) is 0 Å². The van der Waals surface area contributed by atoms with Gasteiger partial charge in [-0.15, -0.1) is 11.3 Å². The number of halogens is 1. The highest BCUT2D eigenvalue weighted by Crippen LogP contribution is 2.27. The van der Waals surface area contributed by atoms with Gasteiger partial charge >= 0.3 is 0 Å². The minimum absolute atomic E-state index is 0.143. The number of nitrogens with one attached hydrogen (secondary N) is 1. The Morgan fingerprint density at radius 2 is 2.21 bits per heavy atom.